The van der Waals surface area contributed by atoms with Crippen molar-refractivity contribution in [2.45, 2.75) is 19.4 Å². The number of nitrogens with one attached hydrogen (secondary N) is 1. The molecular formula is C8H16N2O2. The number of carboxylic acids is 1. The van der Waals surface area contributed by atoms with Crippen molar-refractivity contribution in [1.29, 1.82) is 0 Å². The number of rotatable bonds is 3. The minimum atomic E-state index is -0.717. The predicted octanol–water partition coefficient (Wildman–Crippen LogP) is -0.245. The summed E-state index contributed by atoms with van der Waals surface area (Å²) in [6.07, 6.45) is 0.233. The molecule has 0 spiro atoms. The smallest absolute Gasteiger partial charge is 0.304 e. The number of piperazine rings is 1. The first kappa shape index (κ1) is 9.48. The van der Waals surface area contributed by atoms with Gasteiger partial charge >= 0.3 is 5.97 Å². The Morgan fingerprint density at radius 2 is 2.50 bits per heavy atom. The van der Waals surface area contributed by atoms with E-state index in [9.17, 15) is 4.79 Å². The first-order valence-electron chi connectivity index (χ1n) is 4.40. The number of aliphatic carboxylic acids is 1. The number of likely N-dealkylation sites (N-methyl/N-ethyl adjacent to an activating group) is 1. The van der Waals surface area contributed by atoms with Gasteiger partial charge in [0.05, 0.1) is 6.42 Å². The molecule has 0 amide bonds. The molecule has 70 valence electrons. The zero-order chi connectivity index (χ0) is 8.97. The third-order valence-electron chi connectivity index (χ3n) is 2.21. The van der Waals surface area contributed by atoms with Gasteiger partial charge in [-0.15, -0.1) is 0 Å². The summed E-state index contributed by atoms with van der Waals surface area (Å²) in [5.41, 5.74) is 0. The molecule has 0 aromatic heterocycles. The van der Waals surface area contributed by atoms with E-state index in [1.165, 1.54) is 0 Å². The van der Waals surface area contributed by atoms with Gasteiger partial charge in [0.25, 0.3) is 0 Å². The fourth-order valence-corrected chi connectivity index (χ4v) is 1.53. The topological polar surface area (TPSA) is 52.6 Å². The van der Waals surface area contributed by atoms with Crippen molar-refractivity contribution < 1.29 is 9.90 Å². The fraction of sp³-hybridized carbons (Fsp3) is 0.875. The molecule has 0 aromatic rings. The van der Waals surface area contributed by atoms with E-state index in [4.69, 9.17) is 5.11 Å². The molecule has 0 aliphatic carbocycles. The van der Waals surface area contributed by atoms with Crippen molar-refractivity contribution in [2.24, 2.45) is 0 Å². The molecule has 1 rings (SSSR count). The van der Waals surface area contributed by atoms with Crippen LogP contribution >= 0.6 is 0 Å². The standard InChI is InChI=1S/C8H16N2O2/c1-2-10-4-3-9-7(6-10)5-8(11)12/h7,9H,2-6H2,1H3,(H,11,12). The molecular weight excluding hydrogens is 156 g/mol. The molecule has 1 unspecified atom stereocenters. The van der Waals surface area contributed by atoms with E-state index >= 15 is 0 Å². The van der Waals surface area contributed by atoms with Crippen LogP contribution in [0.1, 0.15) is 13.3 Å². The van der Waals surface area contributed by atoms with E-state index in [0.29, 0.717) is 0 Å². The summed E-state index contributed by atoms with van der Waals surface area (Å²) < 4.78 is 0. The maximum Gasteiger partial charge on any atom is 0.304 e. The quantitative estimate of drug-likeness (QED) is 0.616. The summed E-state index contributed by atoms with van der Waals surface area (Å²) in [5.74, 6) is -0.717. The molecule has 0 bridgehead atoms. The zero-order valence-electron chi connectivity index (χ0n) is 7.42. The van der Waals surface area contributed by atoms with E-state index in [-0.39, 0.29) is 12.5 Å². The Morgan fingerprint density at radius 3 is 3.08 bits per heavy atom. The van der Waals surface area contributed by atoms with Crippen LogP contribution in [0.3, 0.4) is 0 Å². The number of hydrogen-bond donors (Lipinski definition) is 2. The molecule has 4 nitrogen and oxygen atoms in total. The largest absolute Gasteiger partial charge is 0.481 e. The monoisotopic (exact) mass is 172 g/mol. The van der Waals surface area contributed by atoms with Crippen molar-refractivity contribution in [3.63, 3.8) is 0 Å². The SMILES string of the molecule is CCN1CCNC(CC(=O)O)C1. The van der Waals surface area contributed by atoms with Gasteiger partial charge in [-0.25, -0.2) is 0 Å². The molecule has 1 aliphatic heterocycles. The molecule has 1 saturated heterocycles. The Bertz CT molecular complexity index is 161. The van der Waals surface area contributed by atoms with Gasteiger partial charge in [0.15, 0.2) is 0 Å². The van der Waals surface area contributed by atoms with Gasteiger partial charge in [-0.05, 0) is 6.54 Å². The van der Waals surface area contributed by atoms with Crippen LogP contribution in [0.2, 0.25) is 0 Å². The molecule has 0 aromatic carbocycles. The van der Waals surface area contributed by atoms with E-state index in [1.54, 1.807) is 0 Å². The van der Waals surface area contributed by atoms with Gasteiger partial charge in [0.2, 0.25) is 0 Å². The highest BCUT2D eigenvalue weighted by molar-refractivity contribution is 5.67. The van der Waals surface area contributed by atoms with Crippen LogP contribution < -0.4 is 5.32 Å². The van der Waals surface area contributed by atoms with Crippen LogP contribution in [-0.4, -0.2) is 48.2 Å². The second-order valence-electron chi connectivity index (χ2n) is 3.14. The lowest BCUT2D eigenvalue weighted by atomic mass is 10.1. The van der Waals surface area contributed by atoms with Crippen molar-refractivity contribution in [1.82, 2.24) is 10.2 Å². The average Bonchev–Trinajstić information content (AvgIpc) is 2.03. The fourth-order valence-electron chi connectivity index (χ4n) is 1.53. The maximum atomic E-state index is 10.4. The highest BCUT2D eigenvalue weighted by Crippen LogP contribution is 2.01. The summed E-state index contributed by atoms with van der Waals surface area (Å²) in [4.78, 5) is 12.7. The molecule has 1 heterocycles. The Labute approximate surface area is 72.6 Å². The van der Waals surface area contributed by atoms with Crippen LogP contribution in [0.5, 0.6) is 0 Å². The first-order valence-corrected chi connectivity index (χ1v) is 4.40. The van der Waals surface area contributed by atoms with E-state index in [1.807, 2.05) is 0 Å². The molecule has 1 aliphatic rings. The third-order valence-corrected chi connectivity index (χ3v) is 2.21. The first-order chi connectivity index (χ1) is 5.72. The predicted molar refractivity (Wildman–Crippen MR) is 46.2 cm³/mol. The van der Waals surface area contributed by atoms with Gasteiger partial charge in [-0.2, -0.15) is 0 Å². The lowest BCUT2D eigenvalue weighted by Crippen LogP contribution is -2.51. The average molecular weight is 172 g/mol. The highest BCUT2D eigenvalue weighted by Gasteiger charge is 2.19. The summed E-state index contributed by atoms with van der Waals surface area (Å²) in [5, 5.41) is 11.8. The molecule has 12 heavy (non-hydrogen) atoms. The normalized spacial score (nSPS) is 25.6. The van der Waals surface area contributed by atoms with Crippen LogP contribution in [0.25, 0.3) is 0 Å². The lowest BCUT2D eigenvalue weighted by molar-refractivity contribution is -0.137. The van der Waals surface area contributed by atoms with Crippen LogP contribution in [0.4, 0.5) is 0 Å². The van der Waals surface area contributed by atoms with Crippen LogP contribution in [0, 0.1) is 0 Å². The van der Waals surface area contributed by atoms with Crippen LogP contribution in [0.15, 0.2) is 0 Å². The van der Waals surface area contributed by atoms with Crippen molar-refractivity contribution in [3.8, 4) is 0 Å². The zero-order valence-corrected chi connectivity index (χ0v) is 7.42. The Morgan fingerprint density at radius 1 is 1.75 bits per heavy atom. The lowest BCUT2D eigenvalue weighted by Gasteiger charge is -2.31. The summed E-state index contributed by atoms with van der Waals surface area (Å²) in [6.45, 7) is 5.92. The molecule has 0 radical (unpaired) electrons. The minimum absolute atomic E-state index is 0.135. The number of hydrogen-bond acceptors (Lipinski definition) is 3. The van der Waals surface area contributed by atoms with Gasteiger partial charge in [0, 0.05) is 25.7 Å². The number of carboxylic acid groups (broad SMARTS) is 1. The van der Waals surface area contributed by atoms with Crippen molar-refractivity contribution >= 4 is 5.97 Å². The summed E-state index contributed by atoms with van der Waals surface area (Å²) in [7, 11) is 0. The van der Waals surface area contributed by atoms with Gasteiger partial charge in [0.1, 0.15) is 0 Å². The molecule has 1 atom stereocenters. The molecule has 0 saturated carbocycles. The molecule has 2 N–H and O–H groups in total. The Balaban J connectivity index is 2.30. The number of carbonyl (C=O) groups is 1. The Hall–Kier alpha value is -0.610. The Kier molecular flexibility index (Phi) is 3.49. The third kappa shape index (κ3) is 2.79. The van der Waals surface area contributed by atoms with E-state index in [0.717, 1.165) is 26.2 Å². The van der Waals surface area contributed by atoms with Gasteiger partial charge in [-0.3, -0.25) is 4.79 Å². The van der Waals surface area contributed by atoms with E-state index < -0.39 is 5.97 Å². The van der Waals surface area contributed by atoms with E-state index in [2.05, 4.69) is 17.1 Å². The van der Waals surface area contributed by atoms with Crippen LogP contribution in [-0.2, 0) is 4.79 Å². The molecule has 4 heteroatoms. The highest BCUT2D eigenvalue weighted by atomic mass is 16.4. The van der Waals surface area contributed by atoms with Crippen molar-refractivity contribution in [3.05, 3.63) is 0 Å². The second-order valence-corrected chi connectivity index (χ2v) is 3.14. The number of nitrogens with zero attached hydrogens (tertiary/aromatic N) is 1. The second kappa shape index (κ2) is 4.42. The minimum Gasteiger partial charge on any atom is -0.481 e. The van der Waals surface area contributed by atoms with Crippen molar-refractivity contribution in [2.75, 3.05) is 26.2 Å². The molecule has 1 fully saturated rings. The maximum absolute atomic E-state index is 10.4. The summed E-state index contributed by atoms with van der Waals surface area (Å²) >= 11 is 0. The van der Waals surface area contributed by atoms with Gasteiger partial charge in [-0.1, -0.05) is 6.92 Å². The van der Waals surface area contributed by atoms with Gasteiger partial charge < -0.3 is 15.3 Å². The summed E-state index contributed by atoms with van der Waals surface area (Å²) in [6, 6.07) is 0.135.